The molecule has 0 aliphatic heterocycles. The molecule has 6 nitrogen and oxygen atoms in total. The van der Waals surface area contributed by atoms with Crippen molar-refractivity contribution in [3.05, 3.63) is 157 Å². The minimum atomic E-state index is 0.549. The van der Waals surface area contributed by atoms with Gasteiger partial charge in [-0.3, -0.25) is 4.98 Å². The van der Waals surface area contributed by atoms with Crippen LogP contribution in [0.5, 0.6) is 0 Å². The maximum atomic E-state index is 9.61. The molecule has 4 aromatic heterocycles. The van der Waals surface area contributed by atoms with Crippen LogP contribution >= 0.6 is 0 Å². The van der Waals surface area contributed by atoms with Gasteiger partial charge in [-0.05, 0) is 90.0 Å². The van der Waals surface area contributed by atoms with Crippen LogP contribution in [0.4, 0.5) is 5.69 Å². The number of benzene rings is 6. The first kappa shape index (κ1) is 27.0. The summed E-state index contributed by atoms with van der Waals surface area (Å²) in [5.74, 6) is 0. The van der Waals surface area contributed by atoms with E-state index in [1.807, 2.05) is 67.0 Å². The maximum absolute atomic E-state index is 9.61. The van der Waals surface area contributed by atoms with E-state index in [2.05, 4.69) is 97.8 Å². The smallest absolute Gasteiger partial charge is 0.189 e. The predicted octanol–water partition coefficient (Wildman–Crippen LogP) is 11.3. The zero-order chi connectivity index (χ0) is 32.6. The van der Waals surface area contributed by atoms with Gasteiger partial charge in [0.2, 0.25) is 0 Å². The lowest BCUT2D eigenvalue weighted by Gasteiger charge is -2.13. The Morgan fingerprint density at radius 1 is 0.592 bits per heavy atom. The van der Waals surface area contributed by atoms with Crippen LogP contribution in [0.3, 0.4) is 0 Å². The molecule has 49 heavy (non-hydrogen) atoms. The van der Waals surface area contributed by atoms with E-state index >= 15 is 0 Å². The molecule has 10 aromatic rings. The van der Waals surface area contributed by atoms with E-state index in [0.29, 0.717) is 11.3 Å². The Bertz CT molecular complexity index is 3090. The third-order valence-corrected chi connectivity index (χ3v) is 9.60. The number of rotatable bonds is 3. The zero-order valence-corrected chi connectivity index (χ0v) is 25.9. The van der Waals surface area contributed by atoms with Gasteiger partial charge in [-0.15, -0.1) is 0 Å². The molecule has 0 amide bonds. The molecule has 0 atom stereocenters. The second-order valence-corrected chi connectivity index (χ2v) is 12.3. The summed E-state index contributed by atoms with van der Waals surface area (Å²) in [6.07, 6.45) is 3.77. The summed E-state index contributed by atoms with van der Waals surface area (Å²) in [7, 11) is 0. The van der Waals surface area contributed by atoms with Crippen molar-refractivity contribution in [1.82, 2.24) is 14.1 Å². The Morgan fingerprint density at radius 3 is 2.29 bits per heavy atom. The number of para-hydroxylation sites is 2. The lowest BCUT2D eigenvalue weighted by molar-refractivity contribution is 0.669. The summed E-state index contributed by atoms with van der Waals surface area (Å²) in [6, 6.07) is 45.2. The van der Waals surface area contributed by atoms with Gasteiger partial charge in [-0.1, -0.05) is 48.5 Å². The first-order chi connectivity index (χ1) is 24.2. The van der Waals surface area contributed by atoms with E-state index in [1.165, 1.54) is 0 Å². The number of nitriles is 1. The van der Waals surface area contributed by atoms with Crippen molar-refractivity contribution in [2.75, 3.05) is 0 Å². The Balaban J connectivity index is 1.20. The van der Waals surface area contributed by atoms with E-state index in [4.69, 9.17) is 11.0 Å². The zero-order valence-electron chi connectivity index (χ0n) is 25.9. The van der Waals surface area contributed by atoms with Crippen LogP contribution in [0.15, 0.2) is 144 Å². The number of hydrogen-bond donors (Lipinski definition) is 0. The van der Waals surface area contributed by atoms with Gasteiger partial charge in [0.25, 0.3) is 0 Å². The summed E-state index contributed by atoms with van der Waals surface area (Å²) in [6.45, 7) is 8.01. The second-order valence-electron chi connectivity index (χ2n) is 12.3. The van der Waals surface area contributed by atoms with Crippen LogP contribution in [-0.4, -0.2) is 14.1 Å². The number of nitrogens with zero attached hydrogens (tertiary/aromatic N) is 5. The lowest BCUT2D eigenvalue weighted by Crippen LogP contribution is -1.96. The van der Waals surface area contributed by atoms with E-state index in [-0.39, 0.29) is 0 Å². The van der Waals surface area contributed by atoms with Gasteiger partial charge in [0.1, 0.15) is 11.2 Å². The largest absolute Gasteiger partial charge is 0.456 e. The summed E-state index contributed by atoms with van der Waals surface area (Å²) >= 11 is 0. The van der Waals surface area contributed by atoms with Crippen molar-refractivity contribution in [1.29, 1.82) is 5.26 Å². The van der Waals surface area contributed by atoms with Crippen molar-refractivity contribution in [2.45, 2.75) is 0 Å². The van der Waals surface area contributed by atoms with Crippen LogP contribution in [0.2, 0.25) is 0 Å². The van der Waals surface area contributed by atoms with Crippen molar-refractivity contribution < 1.29 is 4.42 Å². The predicted molar refractivity (Wildman–Crippen MR) is 197 cm³/mol. The van der Waals surface area contributed by atoms with Gasteiger partial charge in [-0.2, -0.15) is 5.26 Å². The Kier molecular flexibility index (Phi) is 5.61. The molecule has 6 heteroatoms. The van der Waals surface area contributed by atoms with Gasteiger partial charge in [-0.25, -0.2) is 4.85 Å². The minimum absolute atomic E-state index is 0.549. The fraction of sp³-hybridized carbons (Fsp3) is 0. The second kappa shape index (κ2) is 10.2. The van der Waals surface area contributed by atoms with Crippen molar-refractivity contribution in [2.24, 2.45) is 0 Å². The van der Waals surface area contributed by atoms with Crippen molar-refractivity contribution >= 4 is 71.2 Å². The molecule has 0 saturated heterocycles. The molecule has 10 rings (SSSR count). The molecule has 4 heterocycles. The number of pyridine rings is 1. The first-order valence-electron chi connectivity index (χ1n) is 16.0. The molecule has 0 bridgehead atoms. The highest BCUT2D eigenvalue weighted by Crippen LogP contribution is 2.42. The summed E-state index contributed by atoms with van der Waals surface area (Å²) < 4.78 is 10.7. The topological polar surface area (TPSA) is 64.0 Å². The average molecular weight is 626 g/mol. The molecule has 0 fully saturated rings. The normalized spacial score (nSPS) is 11.6. The van der Waals surface area contributed by atoms with Crippen LogP contribution in [0, 0.1) is 17.9 Å². The Morgan fingerprint density at radius 2 is 1.39 bits per heavy atom. The molecule has 0 saturated carbocycles. The molecule has 0 N–H and O–H groups in total. The molecular weight excluding hydrogens is 603 g/mol. The molecule has 0 spiro atoms. The Labute approximate surface area is 279 Å². The highest BCUT2D eigenvalue weighted by atomic mass is 16.3. The third kappa shape index (κ3) is 3.89. The molecule has 0 aliphatic carbocycles. The Hall–Kier alpha value is -7.15. The van der Waals surface area contributed by atoms with Crippen LogP contribution < -0.4 is 0 Å². The van der Waals surface area contributed by atoms with Crippen molar-refractivity contribution in [3.8, 4) is 28.6 Å². The van der Waals surface area contributed by atoms with E-state index < -0.39 is 0 Å². The fourth-order valence-electron chi connectivity index (χ4n) is 7.55. The van der Waals surface area contributed by atoms with Gasteiger partial charge in [0, 0.05) is 49.9 Å². The van der Waals surface area contributed by atoms with Gasteiger partial charge in [0.05, 0.1) is 46.5 Å². The quantitative estimate of drug-likeness (QED) is 0.184. The summed E-state index contributed by atoms with van der Waals surface area (Å²) in [4.78, 5) is 8.42. The molecule has 0 unspecified atom stereocenters. The van der Waals surface area contributed by atoms with E-state index in [0.717, 1.165) is 88.1 Å². The fourth-order valence-corrected chi connectivity index (χ4v) is 7.55. The van der Waals surface area contributed by atoms with E-state index in [1.54, 1.807) is 0 Å². The van der Waals surface area contributed by atoms with Gasteiger partial charge < -0.3 is 13.6 Å². The molecule has 0 aliphatic rings. The first-order valence-corrected chi connectivity index (χ1v) is 16.0. The highest BCUT2D eigenvalue weighted by Gasteiger charge is 2.19. The number of furan rings is 1. The number of aromatic nitrogens is 3. The molecule has 6 aromatic carbocycles. The number of hydrogen-bond acceptors (Lipinski definition) is 3. The lowest BCUT2D eigenvalue weighted by atomic mass is 10.0. The van der Waals surface area contributed by atoms with Gasteiger partial charge >= 0.3 is 0 Å². The van der Waals surface area contributed by atoms with Gasteiger partial charge in [0.15, 0.2) is 5.69 Å². The van der Waals surface area contributed by atoms with Crippen LogP contribution in [0.25, 0.3) is 92.9 Å². The monoisotopic (exact) mass is 625 g/mol. The maximum Gasteiger partial charge on any atom is 0.189 e. The summed E-state index contributed by atoms with van der Waals surface area (Å²) in [5, 5.41) is 16.1. The molecule has 0 radical (unpaired) electrons. The van der Waals surface area contributed by atoms with Crippen molar-refractivity contribution in [3.63, 3.8) is 0 Å². The number of fused-ring (bicyclic) bond motifs is 10. The van der Waals surface area contributed by atoms with Crippen LogP contribution in [0.1, 0.15) is 5.56 Å². The van der Waals surface area contributed by atoms with E-state index in [9.17, 15) is 5.26 Å². The van der Waals surface area contributed by atoms with Crippen LogP contribution in [-0.2, 0) is 0 Å². The average Bonchev–Trinajstić information content (AvgIpc) is 3.82. The molecule has 226 valence electrons. The third-order valence-electron chi connectivity index (χ3n) is 9.60. The minimum Gasteiger partial charge on any atom is -0.456 e. The SMILES string of the molecule is [C-]#[N+]c1cc(-c2cccc(-n3c4cnccc4c4c5c(ccc43)oc3ccccc35)c2)cc(-n2c3ccccc3c3cc(C#N)ccc32)c1. The highest BCUT2D eigenvalue weighted by molar-refractivity contribution is 6.27. The summed E-state index contributed by atoms with van der Waals surface area (Å²) in [5.41, 5.74) is 10.8. The standard InChI is InChI=1S/C43H23N5O/c1-45-29-20-28(22-31(23-29)48-36-11-4-2-9-32(36)35-19-26(24-44)13-14-37(35)48)27-7-6-8-30(21-27)47-38-15-16-41-43(34-10-3-5-12-40(34)49-41)42(38)33-17-18-46-25-39(33)47/h2-23,25H. The molecular formula is C43H23N5O.